The summed E-state index contributed by atoms with van der Waals surface area (Å²) in [4.78, 5) is 11.8. The Morgan fingerprint density at radius 1 is 1.39 bits per heavy atom. The van der Waals surface area contributed by atoms with Crippen LogP contribution in [-0.2, 0) is 0 Å². The summed E-state index contributed by atoms with van der Waals surface area (Å²) in [6, 6.07) is 7.51. The highest BCUT2D eigenvalue weighted by molar-refractivity contribution is 5.94. The number of carbonyl (C=O) groups is 1. The topological polar surface area (TPSA) is 69.6 Å². The molecule has 0 saturated carbocycles. The summed E-state index contributed by atoms with van der Waals surface area (Å²) >= 11 is 0. The number of benzene rings is 1. The first-order valence-corrected chi connectivity index (χ1v) is 6.21. The summed E-state index contributed by atoms with van der Waals surface area (Å²) in [6.07, 6.45) is -0.418. The predicted molar refractivity (Wildman–Crippen MR) is 70.6 cm³/mol. The van der Waals surface area contributed by atoms with E-state index < -0.39 is 6.10 Å². The first kappa shape index (κ1) is 14.7. The molecule has 18 heavy (non-hydrogen) atoms. The Bertz CT molecular complexity index is 390. The minimum absolute atomic E-state index is 0.150. The van der Waals surface area contributed by atoms with E-state index in [1.54, 1.807) is 6.07 Å². The van der Waals surface area contributed by atoms with Gasteiger partial charge in [-0.3, -0.25) is 4.79 Å². The molecule has 0 aliphatic heterocycles. The molecule has 0 aromatic heterocycles. The van der Waals surface area contributed by atoms with Crippen molar-refractivity contribution in [2.75, 3.05) is 13.2 Å². The van der Waals surface area contributed by atoms with E-state index in [4.69, 9.17) is 10.2 Å². The number of rotatable bonds is 6. The van der Waals surface area contributed by atoms with Crippen molar-refractivity contribution in [1.82, 2.24) is 5.32 Å². The van der Waals surface area contributed by atoms with E-state index in [-0.39, 0.29) is 12.5 Å². The standard InChI is InChI=1S/C14H21NO3/c1-10(2)11-4-3-5-12(8-11)14(18)15-7-6-13(17)9-16/h3-5,8,10,13,16-17H,6-7,9H2,1-2H3,(H,15,18). The van der Waals surface area contributed by atoms with E-state index in [9.17, 15) is 4.79 Å². The van der Waals surface area contributed by atoms with Gasteiger partial charge in [-0.2, -0.15) is 0 Å². The van der Waals surface area contributed by atoms with Crippen LogP contribution < -0.4 is 5.32 Å². The number of aliphatic hydroxyl groups is 2. The normalized spacial score (nSPS) is 12.5. The molecule has 0 saturated heterocycles. The summed E-state index contributed by atoms with van der Waals surface area (Å²) < 4.78 is 0. The Hall–Kier alpha value is -1.39. The molecular weight excluding hydrogens is 230 g/mol. The number of aliphatic hydroxyl groups excluding tert-OH is 2. The van der Waals surface area contributed by atoms with E-state index in [0.717, 1.165) is 5.56 Å². The van der Waals surface area contributed by atoms with E-state index in [1.165, 1.54) is 0 Å². The van der Waals surface area contributed by atoms with Gasteiger partial charge in [0.2, 0.25) is 0 Å². The zero-order chi connectivity index (χ0) is 13.5. The van der Waals surface area contributed by atoms with Crippen molar-refractivity contribution >= 4 is 5.91 Å². The molecule has 0 aliphatic rings. The number of hydrogen-bond acceptors (Lipinski definition) is 3. The van der Waals surface area contributed by atoms with Gasteiger partial charge in [0.1, 0.15) is 0 Å². The summed E-state index contributed by atoms with van der Waals surface area (Å²) in [5.74, 6) is 0.233. The van der Waals surface area contributed by atoms with Gasteiger partial charge in [0.15, 0.2) is 0 Å². The summed E-state index contributed by atoms with van der Waals surface area (Å²) in [5, 5.41) is 20.5. The maximum Gasteiger partial charge on any atom is 0.251 e. The third-order valence-corrected chi connectivity index (χ3v) is 2.79. The number of carbonyl (C=O) groups excluding carboxylic acids is 1. The lowest BCUT2D eigenvalue weighted by Crippen LogP contribution is -2.28. The van der Waals surface area contributed by atoms with Crippen molar-refractivity contribution in [1.29, 1.82) is 0 Å². The molecule has 4 heteroatoms. The Balaban J connectivity index is 2.53. The van der Waals surface area contributed by atoms with Crippen LogP contribution >= 0.6 is 0 Å². The zero-order valence-corrected chi connectivity index (χ0v) is 10.9. The monoisotopic (exact) mass is 251 g/mol. The van der Waals surface area contributed by atoms with E-state index >= 15 is 0 Å². The van der Waals surface area contributed by atoms with E-state index in [1.807, 2.05) is 18.2 Å². The lowest BCUT2D eigenvalue weighted by molar-refractivity contribution is 0.0834. The van der Waals surface area contributed by atoms with Crippen LogP contribution in [0.2, 0.25) is 0 Å². The second-order valence-electron chi connectivity index (χ2n) is 4.66. The van der Waals surface area contributed by atoms with Gasteiger partial charge in [-0.05, 0) is 30.0 Å². The third kappa shape index (κ3) is 4.47. The Labute approximate surface area is 108 Å². The largest absolute Gasteiger partial charge is 0.394 e. The van der Waals surface area contributed by atoms with Gasteiger partial charge in [0, 0.05) is 12.1 Å². The van der Waals surface area contributed by atoms with Crippen molar-refractivity contribution in [3.05, 3.63) is 35.4 Å². The molecule has 1 atom stereocenters. The van der Waals surface area contributed by atoms with Crippen molar-refractivity contribution in [2.24, 2.45) is 0 Å². The van der Waals surface area contributed by atoms with E-state index in [0.29, 0.717) is 24.4 Å². The maximum atomic E-state index is 11.8. The Kier molecular flexibility index (Phi) is 5.82. The third-order valence-electron chi connectivity index (χ3n) is 2.79. The van der Waals surface area contributed by atoms with Crippen LogP contribution in [0.25, 0.3) is 0 Å². The molecule has 1 unspecified atom stereocenters. The molecular formula is C14H21NO3. The molecule has 3 N–H and O–H groups in total. The molecule has 0 radical (unpaired) electrons. The first-order valence-electron chi connectivity index (χ1n) is 6.21. The van der Waals surface area contributed by atoms with Gasteiger partial charge >= 0.3 is 0 Å². The van der Waals surface area contributed by atoms with Crippen molar-refractivity contribution in [3.8, 4) is 0 Å². The summed E-state index contributed by atoms with van der Waals surface area (Å²) in [7, 11) is 0. The first-order chi connectivity index (χ1) is 8.54. The fourth-order valence-corrected chi connectivity index (χ4v) is 1.58. The van der Waals surface area contributed by atoms with Crippen molar-refractivity contribution < 1.29 is 15.0 Å². The Morgan fingerprint density at radius 2 is 2.11 bits per heavy atom. The van der Waals surface area contributed by atoms with Gasteiger partial charge in [-0.25, -0.2) is 0 Å². The minimum atomic E-state index is -0.771. The molecule has 1 aromatic carbocycles. The van der Waals surface area contributed by atoms with E-state index in [2.05, 4.69) is 19.2 Å². The molecule has 0 spiro atoms. The molecule has 4 nitrogen and oxygen atoms in total. The molecule has 0 fully saturated rings. The van der Waals surface area contributed by atoms with Crippen LogP contribution in [-0.4, -0.2) is 35.4 Å². The highest BCUT2D eigenvalue weighted by Crippen LogP contribution is 2.15. The quantitative estimate of drug-likeness (QED) is 0.713. The van der Waals surface area contributed by atoms with Crippen LogP contribution in [0.5, 0.6) is 0 Å². The summed E-state index contributed by atoms with van der Waals surface area (Å²) in [6.45, 7) is 4.23. The average Bonchev–Trinajstić information content (AvgIpc) is 2.38. The second-order valence-corrected chi connectivity index (χ2v) is 4.66. The predicted octanol–water partition coefficient (Wildman–Crippen LogP) is 1.28. The van der Waals surface area contributed by atoms with Gasteiger partial charge in [-0.1, -0.05) is 26.0 Å². The number of amides is 1. The SMILES string of the molecule is CC(C)c1cccc(C(=O)NCCC(O)CO)c1. The highest BCUT2D eigenvalue weighted by atomic mass is 16.3. The Morgan fingerprint density at radius 3 is 2.72 bits per heavy atom. The van der Waals surface area contributed by atoms with Crippen LogP contribution in [0.4, 0.5) is 0 Å². The lowest BCUT2D eigenvalue weighted by atomic mass is 10.0. The molecule has 1 aromatic rings. The lowest BCUT2D eigenvalue weighted by Gasteiger charge is -2.10. The minimum Gasteiger partial charge on any atom is -0.394 e. The average molecular weight is 251 g/mol. The van der Waals surface area contributed by atoms with Gasteiger partial charge in [-0.15, -0.1) is 0 Å². The molecule has 1 amide bonds. The fourth-order valence-electron chi connectivity index (χ4n) is 1.58. The van der Waals surface area contributed by atoms with Crippen LogP contribution in [0.1, 0.15) is 42.1 Å². The molecule has 0 bridgehead atoms. The van der Waals surface area contributed by atoms with Crippen molar-refractivity contribution in [3.63, 3.8) is 0 Å². The molecule has 0 heterocycles. The number of nitrogens with one attached hydrogen (secondary N) is 1. The number of hydrogen-bond donors (Lipinski definition) is 3. The maximum absolute atomic E-state index is 11.8. The van der Waals surface area contributed by atoms with Gasteiger partial charge < -0.3 is 15.5 Å². The van der Waals surface area contributed by atoms with Gasteiger partial charge in [0.05, 0.1) is 12.7 Å². The second kappa shape index (κ2) is 7.13. The highest BCUT2D eigenvalue weighted by Gasteiger charge is 2.08. The molecule has 1 rings (SSSR count). The van der Waals surface area contributed by atoms with Crippen LogP contribution in [0, 0.1) is 0 Å². The molecule has 0 aliphatic carbocycles. The van der Waals surface area contributed by atoms with Gasteiger partial charge in [0.25, 0.3) is 5.91 Å². The zero-order valence-electron chi connectivity index (χ0n) is 10.9. The smallest absolute Gasteiger partial charge is 0.251 e. The van der Waals surface area contributed by atoms with Crippen LogP contribution in [0.15, 0.2) is 24.3 Å². The molecule has 100 valence electrons. The van der Waals surface area contributed by atoms with Crippen LogP contribution in [0.3, 0.4) is 0 Å². The fraction of sp³-hybridized carbons (Fsp3) is 0.500. The summed E-state index contributed by atoms with van der Waals surface area (Å²) in [5.41, 5.74) is 1.75. The van der Waals surface area contributed by atoms with Crippen molar-refractivity contribution in [2.45, 2.75) is 32.3 Å².